The van der Waals surface area contributed by atoms with Gasteiger partial charge in [0.2, 0.25) is 0 Å². The summed E-state index contributed by atoms with van der Waals surface area (Å²) in [5.41, 5.74) is 0. The Labute approximate surface area is 82.4 Å². The highest BCUT2D eigenvalue weighted by Gasteiger charge is 2.11. The molecule has 0 aromatic carbocycles. The highest BCUT2D eigenvalue weighted by atomic mass is 16.5. The highest BCUT2D eigenvalue weighted by molar-refractivity contribution is 4.73. The van der Waals surface area contributed by atoms with Crippen molar-refractivity contribution in [2.75, 3.05) is 19.8 Å². The van der Waals surface area contributed by atoms with E-state index in [4.69, 9.17) is 4.74 Å². The highest BCUT2D eigenvalue weighted by Crippen LogP contribution is 2.02. The lowest BCUT2D eigenvalue weighted by Gasteiger charge is -2.21. The van der Waals surface area contributed by atoms with Crippen LogP contribution in [0.25, 0.3) is 0 Å². The molecule has 1 N–H and O–H groups in total. The van der Waals surface area contributed by atoms with E-state index >= 15 is 0 Å². The molecule has 0 amide bonds. The van der Waals surface area contributed by atoms with Crippen LogP contribution in [0.2, 0.25) is 0 Å². The maximum absolute atomic E-state index is 5.40. The Morgan fingerprint density at radius 3 is 2.62 bits per heavy atom. The first-order valence-corrected chi connectivity index (χ1v) is 5.14. The number of hydrogen-bond donors (Lipinski definition) is 1. The second-order valence-electron chi connectivity index (χ2n) is 3.54. The van der Waals surface area contributed by atoms with Crippen LogP contribution in [-0.2, 0) is 4.74 Å². The molecule has 0 radical (unpaired) electrons. The molecular formula is C11H23NO. The minimum atomic E-state index is 0.472. The van der Waals surface area contributed by atoms with Gasteiger partial charge in [-0.05, 0) is 25.8 Å². The second-order valence-corrected chi connectivity index (χ2v) is 3.54. The second kappa shape index (κ2) is 8.27. The smallest absolute Gasteiger partial charge is 0.0621 e. The van der Waals surface area contributed by atoms with Crippen molar-refractivity contribution < 1.29 is 4.74 Å². The van der Waals surface area contributed by atoms with Crippen LogP contribution in [0.15, 0.2) is 12.7 Å². The molecule has 0 rings (SSSR count). The lowest BCUT2D eigenvalue weighted by molar-refractivity contribution is 0.109. The van der Waals surface area contributed by atoms with Gasteiger partial charge in [0.1, 0.15) is 0 Å². The fourth-order valence-corrected chi connectivity index (χ4v) is 1.10. The zero-order chi connectivity index (χ0) is 10.1. The molecule has 1 atom stereocenters. The molecular weight excluding hydrogens is 162 g/mol. The fraction of sp³-hybridized carbons (Fsp3) is 0.818. The molecule has 0 aromatic rings. The third kappa shape index (κ3) is 6.79. The molecule has 0 saturated carbocycles. The van der Waals surface area contributed by atoms with Crippen molar-refractivity contribution in [3.63, 3.8) is 0 Å². The Hall–Kier alpha value is -0.340. The molecule has 0 aliphatic carbocycles. The van der Waals surface area contributed by atoms with Crippen LogP contribution < -0.4 is 5.32 Å². The lowest BCUT2D eigenvalue weighted by Crippen LogP contribution is -2.38. The summed E-state index contributed by atoms with van der Waals surface area (Å²) in [5, 5.41) is 3.46. The van der Waals surface area contributed by atoms with Crippen LogP contribution in [0.4, 0.5) is 0 Å². The summed E-state index contributed by atoms with van der Waals surface area (Å²) in [4.78, 5) is 0. The molecule has 0 aliphatic rings. The Bertz CT molecular complexity index is 123. The van der Waals surface area contributed by atoms with Crippen molar-refractivity contribution in [3.8, 4) is 0 Å². The van der Waals surface area contributed by atoms with Gasteiger partial charge >= 0.3 is 0 Å². The zero-order valence-corrected chi connectivity index (χ0v) is 9.18. The lowest BCUT2D eigenvalue weighted by atomic mass is 10.1. The van der Waals surface area contributed by atoms with E-state index in [2.05, 4.69) is 25.7 Å². The van der Waals surface area contributed by atoms with E-state index in [0.717, 1.165) is 26.2 Å². The van der Waals surface area contributed by atoms with Crippen LogP contribution in [0.5, 0.6) is 0 Å². The monoisotopic (exact) mass is 185 g/mol. The SMILES string of the molecule is C=CCCNC(COCC)C(C)C. The van der Waals surface area contributed by atoms with Crippen LogP contribution in [0, 0.1) is 5.92 Å². The molecule has 0 bridgehead atoms. The van der Waals surface area contributed by atoms with Crippen LogP contribution in [-0.4, -0.2) is 25.8 Å². The Balaban J connectivity index is 3.60. The topological polar surface area (TPSA) is 21.3 Å². The predicted molar refractivity (Wildman–Crippen MR) is 57.9 cm³/mol. The minimum absolute atomic E-state index is 0.472. The maximum Gasteiger partial charge on any atom is 0.0621 e. The molecule has 0 saturated heterocycles. The molecule has 2 heteroatoms. The molecule has 2 nitrogen and oxygen atoms in total. The van der Waals surface area contributed by atoms with Gasteiger partial charge in [-0.3, -0.25) is 0 Å². The first kappa shape index (κ1) is 12.7. The largest absolute Gasteiger partial charge is 0.380 e. The first-order valence-electron chi connectivity index (χ1n) is 5.14. The van der Waals surface area contributed by atoms with Crippen LogP contribution in [0.3, 0.4) is 0 Å². The quantitative estimate of drug-likeness (QED) is 0.462. The Morgan fingerprint density at radius 1 is 1.46 bits per heavy atom. The third-order valence-corrected chi connectivity index (χ3v) is 2.06. The van der Waals surface area contributed by atoms with Crippen molar-refractivity contribution in [3.05, 3.63) is 12.7 Å². The van der Waals surface area contributed by atoms with Crippen molar-refractivity contribution in [1.82, 2.24) is 5.32 Å². The van der Waals surface area contributed by atoms with Crippen molar-refractivity contribution in [2.45, 2.75) is 33.2 Å². The van der Waals surface area contributed by atoms with Gasteiger partial charge in [0.15, 0.2) is 0 Å². The zero-order valence-electron chi connectivity index (χ0n) is 9.18. The fourth-order valence-electron chi connectivity index (χ4n) is 1.10. The standard InChI is InChI=1S/C11H23NO/c1-5-7-8-12-11(10(3)4)9-13-6-2/h5,10-12H,1,6-9H2,2-4H3. The summed E-state index contributed by atoms with van der Waals surface area (Å²) < 4.78 is 5.40. The van der Waals surface area contributed by atoms with Gasteiger partial charge in [0.25, 0.3) is 0 Å². The number of nitrogens with one attached hydrogen (secondary N) is 1. The molecule has 13 heavy (non-hydrogen) atoms. The number of rotatable bonds is 8. The first-order chi connectivity index (χ1) is 6.22. The van der Waals surface area contributed by atoms with E-state index < -0.39 is 0 Å². The minimum Gasteiger partial charge on any atom is -0.380 e. The summed E-state index contributed by atoms with van der Waals surface area (Å²) in [6.45, 7) is 12.8. The summed E-state index contributed by atoms with van der Waals surface area (Å²) in [7, 11) is 0. The van der Waals surface area contributed by atoms with E-state index in [9.17, 15) is 0 Å². The Kier molecular flexibility index (Phi) is 8.05. The Morgan fingerprint density at radius 2 is 2.15 bits per heavy atom. The molecule has 0 spiro atoms. The van der Waals surface area contributed by atoms with Crippen molar-refractivity contribution in [2.24, 2.45) is 5.92 Å². The van der Waals surface area contributed by atoms with E-state index in [1.807, 2.05) is 13.0 Å². The molecule has 0 aromatic heterocycles. The predicted octanol–water partition coefficient (Wildman–Crippen LogP) is 2.21. The van der Waals surface area contributed by atoms with Gasteiger partial charge in [-0.25, -0.2) is 0 Å². The van der Waals surface area contributed by atoms with Gasteiger partial charge in [0.05, 0.1) is 6.61 Å². The number of hydrogen-bond acceptors (Lipinski definition) is 2. The molecule has 1 unspecified atom stereocenters. The molecule has 0 heterocycles. The normalized spacial score (nSPS) is 13.2. The van der Waals surface area contributed by atoms with E-state index in [-0.39, 0.29) is 0 Å². The van der Waals surface area contributed by atoms with E-state index in [1.54, 1.807) is 0 Å². The maximum atomic E-state index is 5.40. The van der Waals surface area contributed by atoms with Crippen molar-refractivity contribution >= 4 is 0 Å². The third-order valence-electron chi connectivity index (χ3n) is 2.06. The van der Waals surface area contributed by atoms with E-state index in [1.165, 1.54) is 0 Å². The molecule has 78 valence electrons. The van der Waals surface area contributed by atoms with Crippen LogP contribution in [0.1, 0.15) is 27.2 Å². The summed E-state index contributed by atoms with van der Waals surface area (Å²) in [5.74, 6) is 0.622. The van der Waals surface area contributed by atoms with E-state index in [0.29, 0.717) is 12.0 Å². The average molecular weight is 185 g/mol. The summed E-state index contributed by atoms with van der Waals surface area (Å²) in [6, 6.07) is 0.472. The summed E-state index contributed by atoms with van der Waals surface area (Å²) in [6.07, 6.45) is 2.96. The number of ether oxygens (including phenoxy) is 1. The van der Waals surface area contributed by atoms with Gasteiger partial charge in [0, 0.05) is 12.6 Å². The van der Waals surface area contributed by atoms with Gasteiger partial charge < -0.3 is 10.1 Å². The van der Waals surface area contributed by atoms with Gasteiger partial charge in [-0.1, -0.05) is 19.9 Å². The molecule has 0 fully saturated rings. The van der Waals surface area contributed by atoms with Crippen molar-refractivity contribution in [1.29, 1.82) is 0 Å². The average Bonchev–Trinajstić information content (AvgIpc) is 2.10. The summed E-state index contributed by atoms with van der Waals surface area (Å²) >= 11 is 0. The molecule has 0 aliphatic heterocycles. The van der Waals surface area contributed by atoms with Crippen LogP contribution >= 0.6 is 0 Å². The van der Waals surface area contributed by atoms with Gasteiger partial charge in [-0.2, -0.15) is 0 Å². The van der Waals surface area contributed by atoms with Gasteiger partial charge in [-0.15, -0.1) is 6.58 Å².